The predicted molar refractivity (Wildman–Crippen MR) is 50.7 cm³/mol. The number of alkyl halides is 1. The zero-order valence-corrected chi connectivity index (χ0v) is 8.43. The monoisotopic (exact) mass is 255 g/mol. The number of rotatable bonds is 3. The van der Waals surface area contributed by atoms with Gasteiger partial charge in [0.2, 0.25) is 0 Å². The van der Waals surface area contributed by atoms with Crippen molar-refractivity contribution in [1.29, 1.82) is 0 Å². The second-order valence-corrected chi connectivity index (χ2v) is 3.63. The number of hydrogen-bond acceptors (Lipinski definition) is 2. The van der Waals surface area contributed by atoms with E-state index in [1.807, 2.05) is 0 Å². The minimum atomic E-state index is 0.616. The summed E-state index contributed by atoms with van der Waals surface area (Å²) in [5, 5.41) is 3.51. The van der Waals surface area contributed by atoms with E-state index in [0.717, 1.165) is 12.6 Å². The molecule has 3 heteroatoms. The fraction of sp³-hybridized carbons (Fsp3) is 1.00. The van der Waals surface area contributed by atoms with Crippen molar-refractivity contribution >= 4 is 22.6 Å². The van der Waals surface area contributed by atoms with Gasteiger partial charge in [-0.25, -0.2) is 0 Å². The Labute approximate surface area is 75.8 Å². The van der Waals surface area contributed by atoms with Crippen molar-refractivity contribution in [3.05, 3.63) is 0 Å². The first kappa shape index (κ1) is 8.74. The molecule has 2 nitrogen and oxygen atoms in total. The summed E-state index contributed by atoms with van der Waals surface area (Å²) in [7, 11) is 1.76. The van der Waals surface area contributed by atoms with Gasteiger partial charge in [-0.2, -0.15) is 0 Å². The highest BCUT2D eigenvalue weighted by atomic mass is 127. The van der Waals surface area contributed by atoms with E-state index < -0.39 is 0 Å². The van der Waals surface area contributed by atoms with E-state index in [1.54, 1.807) is 7.11 Å². The van der Waals surface area contributed by atoms with Crippen molar-refractivity contribution in [3.63, 3.8) is 0 Å². The van der Waals surface area contributed by atoms with Crippen LogP contribution in [0.25, 0.3) is 0 Å². The van der Waals surface area contributed by atoms with Crippen molar-refractivity contribution in [2.24, 2.45) is 0 Å². The third-order valence-electron chi connectivity index (χ3n) is 1.89. The van der Waals surface area contributed by atoms with Crippen LogP contribution in [0, 0.1) is 0 Å². The Morgan fingerprint density at radius 3 is 2.70 bits per heavy atom. The standard InChI is InChI=1S/C7H14INO/c1-10-5-7-3-2-6(4-8)9-7/h6-7,9H,2-5H2,1H3/t6-,7+/m0/s1. The van der Waals surface area contributed by atoms with Gasteiger partial charge < -0.3 is 10.1 Å². The fourth-order valence-electron chi connectivity index (χ4n) is 1.36. The smallest absolute Gasteiger partial charge is 0.0615 e. The molecule has 1 aliphatic heterocycles. The van der Waals surface area contributed by atoms with Gasteiger partial charge in [0.1, 0.15) is 0 Å². The van der Waals surface area contributed by atoms with Crippen LogP contribution in [0.15, 0.2) is 0 Å². The highest BCUT2D eigenvalue weighted by Crippen LogP contribution is 2.13. The molecule has 0 bridgehead atoms. The molecule has 1 fully saturated rings. The molecule has 0 unspecified atom stereocenters. The molecule has 2 atom stereocenters. The topological polar surface area (TPSA) is 21.3 Å². The number of nitrogens with one attached hydrogen (secondary N) is 1. The van der Waals surface area contributed by atoms with E-state index in [4.69, 9.17) is 4.74 Å². The lowest BCUT2D eigenvalue weighted by Gasteiger charge is -2.10. The molecule has 0 aromatic carbocycles. The van der Waals surface area contributed by atoms with E-state index in [2.05, 4.69) is 27.9 Å². The molecule has 0 spiro atoms. The van der Waals surface area contributed by atoms with Crippen molar-refractivity contribution in [1.82, 2.24) is 5.32 Å². The van der Waals surface area contributed by atoms with Crippen LogP contribution < -0.4 is 5.32 Å². The highest BCUT2D eigenvalue weighted by Gasteiger charge is 2.21. The molecular weight excluding hydrogens is 241 g/mol. The van der Waals surface area contributed by atoms with Crippen LogP contribution in [-0.2, 0) is 4.74 Å². The molecule has 1 aliphatic rings. The van der Waals surface area contributed by atoms with Crippen molar-refractivity contribution in [2.75, 3.05) is 18.1 Å². The Balaban J connectivity index is 2.15. The second kappa shape index (κ2) is 4.51. The van der Waals surface area contributed by atoms with Crippen molar-refractivity contribution in [2.45, 2.75) is 24.9 Å². The average molecular weight is 255 g/mol. The number of hydrogen-bond donors (Lipinski definition) is 1. The first-order chi connectivity index (χ1) is 4.86. The quantitative estimate of drug-likeness (QED) is 0.604. The van der Waals surface area contributed by atoms with Crippen LogP contribution in [0.5, 0.6) is 0 Å². The van der Waals surface area contributed by atoms with Crippen LogP contribution in [0.3, 0.4) is 0 Å². The van der Waals surface area contributed by atoms with Gasteiger partial charge in [0, 0.05) is 23.6 Å². The zero-order valence-electron chi connectivity index (χ0n) is 6.27. The molecule has 0 aromatic rings. The Morgan fingerprint density at radius 1 is 1.50 bits per heavy atom. The molecule has 0 radical (unpaired) electrons. The van der Waals surface area contributed by atoms with Crippen molar-refractivity contribution < 1.29 is 4.74 Å². The molecule has 1 saturated heterocycles. The largest absolute Gasteiger partial charge is 0.383 e. The van der Waals surface area contributed by atoms with Crippen LogP contribution in [0.2, 0.25) is 0 Å². The SMILES string of the molecule is COC[C@H]1CC[C@@H](CI)N1. The Bertz CT molecular complexity index is 99.6. The predicted octanol–water partition coefficient (Wildman–Crippen LogP) is 1.19. The van der Waals surface area contributed by atoms with Crippen LogP contribution in [-0.4, -0.2) is 30.2 Å². The number of methoxy groups -OCH3 is 1. The van der Waals surface area contributed by atoms with Gasteiger partial charge in [0.05, 0.1) is 6.61 Å². The maximum absolute atomic E-state index is 5.05. The minimum Gasteiger partial charge on any atom is -0.383 e. The molecule has 0 aromatic heterocycles. The first-order valence-corrected chi connectivity index (χ1v) is 5.20. The summed E-state index contributed by atoms with van der Waals surface area (Å²) in [6.45, 7) is 0.868. The van der Waals surface area contributed by atoms with Gasteiger partial charge in [-0.05, 0) is 12.8 Å². The summed E-state index contributed by atoms with van der Waals surface area (Å²) in [6.07, 6.45) is 2.60. The normalized spacial score (nSPS) is 33.0. The molecule has 0 aliphatic carbocycles. The molecule has 1 N–H and O–H groups in total. The van der Waals surface area contributed by atoms with Crippen LogP contribution >= 0.6 is 22.6 Å². The maximum Gasteiger partial charge on any atom is 0.0615 e. The number of halogens is 1. The Hall–Kier alpha value is 0.650. The van der Waals surface area contributed by atoms with Gasteiger partial charge in [-0.3, -0.25) is 0 Å². The fourth-order valence-corrected chi connectivity index (χ4v) is 2.05. The lowest BCUT2D eigenvalue weighted by molar-refractivity contribution is 0.172. The third kappa shape index (κ3) is 2.36. The van der Waals surface area contributed by atoms with Crippen LogP contribution in [0.1, 0.15) is 12.8 Å². The van der Waals surface area contributed by atoms with E-state index in [0.29, 0.717) is 6.04 Å². The van der Waals surface area contributed by atoms with E-state index >= 15 is 0 Å². The molecule has 0 saturated carbocycles. The maximum atomic E-state index is 5.05. The van der Waals surface area contributed by atoms with E-state index in [-0.39, 0.29) is 0 Å². The molecule has 60 valence electrons. The molecule has 1 rings (SSSR count). The summed E-state index contributed by atoms with van der Waals surface area (Å²) in [5.74, 6) is 0. The van der Waals surface area contributed by atoms with Gasteiger partial charge in [-0.1, -0.05) is 22.6 Å². The lowest BCUT2D eigenvalue weighted by Crippen LogP contribution is -2.33. The molecular formula is C7H14INO. The van der Waals surface area contributed by atoms with E-state index in [1.165, 1.54) is 17.3 Å². The average Bonchev–Trinajstić information content (AvgIpc) is 2.37. The van der Waals surface area contributed by atoms with Crippen molar-refractivity contribution in [3.8, 4) is 0 Å². The third-order valence-corrected chi connectivity index (χ3v) is 2.95. The lowest BCUT2D eigenvalue weighted by atomic mass is 10.2. The summed E-state index contributed by atoms with van der Waals surface area (Å²) in [5.41, 5.74) is 0. The molecule has 10 heavy (non-hydrogen) atoms. The molecule has 0 amide bonds. The Kier molecular flexibility index (Phi) is 3.95. The Morgan fingerprint density at radius 2 is 2.20 bits per heavy atom. The van der Waals surface area contributed by atoms with E-state index in [9.17, 15) is 0 Å². The zero-order chi connectivity index (χ0) is 7.40. The minimum absolute atomic E-state index is 0.616. The summed E-state index contributed by atoms with van der Waals surface area (Å²) in [4.78, 5) is 0. The van der Waals surface area contributed by atoms with Gasteiger partial charge >= 0.3 is 0 Å². The van der Waals surface area contributed by atoms with Gasteiger partial charge in [0.15, 0.2) is 0 Å². The highest BCUT2D eigenvalue weighted by molar-refractivity contribution is 14.1. The number of ether oxygens (including phenoxy) is 1. The summed E-state index contributed by atoms with van der Waals surface area (Å²) >= 11 is 2.42. The summed E-state index contributed by atoms with van der Waals surface area (Å²) in [6, 6.07) is 1.35. The molecule has 1 heterocycles. The second-order valence-electron chi connectivity index (χ2n) is 2.75. The van der Waals surface area contributed by atoms with Gasteiger partial charge in [0.25, 0.3) is 0 Å². The van der Waals surface area contributed by atoms with Gasteiger partial charge in [-0.15, -0.1) is 0 Å². The first-order valence-electron chi connectivity index (χ1n) is 3.67. The summed E-state index contributed by atoms with van der Waals surface area (Å²) < 4.78 is 6.27. The van der Waals surface area contributed by atoms with Crippen LogP contribution in [0.4, 0.5) is 0 Å².